The van der Waals surface area contributed by atoms with Crippen LogP contribution in [0.3, 0.4) is 0 Å². The van der Waals surface area contributed by atoms with Gasteiger partial charge in [0.2, 0.25) is 5.13 Å². The number of rotatable bonds is 7. The van der Waals surface area contributed by atoms with Gasteiger partial charge in [0.1, 0.15) is 11.5 Å². The van der Waals surface area contributed by atoms with Crippen LogP contribution in [0.5, 0.6) is 11.5 Å². The van der Waals surface area contributed by atoms with Crippen LogP contribution >= 0.6 is 34.7 Å². The van der Waals surface area contributed by atoms with Gasteiger partial charge in [-0.15, -0.1) is 10.2 Å². The van der Waals surface area contributed by atoms with Crippen molar-refractivity contribution in [1.82, 2.24) is 10.2 Å². The molecule has 0 aliphatic rings. The second-order valence-corrected chi connectivity index (χ2v) is 7.98. The number of anilines is 1. The largest absolute Gasteiger partial charge is 0.497 e. The number of thioether (sulfide) groups is 1. The number of amides is 1. The molecule has 0 fully saturated rings. The third kappa shape index (κ3) is 5.35. The van der Waals surface area contributed by atoms with E-state index < -0.39 is 0 Å². The van der Waals surface area contributed by atoms with Crippen molar-refractivity contribution in [2.24, 2.45) is 0 Å². The molecule has 1 N–H and O–H groups in total. The Labute approximate surface area is 169 Å². The first-order valence-corrected chi connectivity index (χ1v) is 10.0. The Morgan fingerprint density at radius 1 is 1.11 bits per heavy atom. The van der Waals surface area contributed by atoms with E-state index in [0.717, 1.165) is 15.7 Å². The topological polar surface area (TPSA) is 73.3 Å². The van der Waals surface area contributed by atoms with Crippen LogP contribution < -0.4 is 14.8 Å². The molecule has 0 aliphatic carbocycles. The molecule has 2 aromatic carbocycles. The van der Waals surface area contributed by atoms with Crippen LogP contribution in [0, 0.1) is 0 Å². The molecule has 6 nitrogen and oxygen atoms in total. The van der Waals surface area contributed by atoms with Gasteiger partial charge < -0.3 is 9.47 Å². The molecule has 0 spiro atoms. The van der Waals surface area contributed by atoms with Gasteiger partial charge in [0.15, 0.2) is 4.34 Å². The highest BCUT2D eigenvalue weighted by atomic mass is 35.5. The summed E-state index contributed by atoms with van der Waals surface area (Å²) < 4.78 is 11.1. The van der Waals surface area contributed by atoms with Crippen LogP contribution in [0.2, 0.25) is 5.02 Å². The Kier molecular flexibility index (Phi) is 6.54. The Morgan fingerprint density at radius 2 is 1.78 bits per heavy atom. The third-order valence-electron chi connectivity index (χ3n) is 3.52. The minimum absolute atomic E-state index is 0.308. The number of nitrogens with one attached hydrogen (secondary N) is 1. The minimum Gasteiger partial charge on any atom is -0.497 e. The Bertz CT molecular complexity index is 910. The molecule has 140 valence electrons. The lowest BCUT2D eigenvalue weighted by atomic mass is 10.2. The highest BCUT2D eigenvalue weighted by Crippen LogP contribution is 2.29. The van der Waals surface area contributed by atoms with E-state index in [0.29, 0.717) is 27.2 Å². The van der Waals surface area contributed by atoms with Crippen LogP contribution in [-0.2, 0) is 5.75 Å². The number of methoxy groups -OCH3 is 2. The zero-order valence-electron chi connectivity index (χ0n) is 14.6. The van der Waals surface area contributed by atoms with Crippen molar-refractivity contribution in [3.8, 4) is 11.5 Å². The first-order chi connectivity index (χ1) is 13.1. The van der Waals surface area contributed by atoms with Crippen molar-refractivity contribution < 1.29 is 14.3 Å². The first-order valence-electron chi connectivity index (χ1n) is 7.82. The van der Waals surface area contributed by atoms with Gasteiger partial charge >= 0.3 is 0 Å². The highest BCUT2D eigenvalue weighted by molar-refractivity contribution is 8.00. The van der Waals surface area contributed by atoms with Gasteiger partial charge in [-0.3, -0.25) is 10.1 Å². The van der Waals surface area contributed by atoms with E-state index in [4.69, 9.17) is 21.1 Å². The molecule has 0 saturated heterocycles. The molecule has 1 amide bonds. The summed E-state index contributed by atoms with van der Waals surface area (Å²) in [5.74, 6) is 1.51. The van der Waals surface area contributed by atoms with Gasteiger partial charge in [-0.2, -0.15) is 0 Å². The van der Waals surface area contributed by atoms with E-state index in [-0.39, 0.29) is 5.91 Å². The summed E-state index contributed by atoms with van der Waals surface area (Å²) in [6.07, 6.45) is 0. The van der Waals surface area contributed by atoms with E-state index >= 15 is 0 Å². The number of hydrogen-bond acceptors (Lipinski definition) is 7. The van der Waals surface area contributed by atoms with Gasteiger partial charge in [-0.05, 0) is 29.8 Å². The van der Waals surface area contributed by atoms with E-state index in [1.54, 1.807) is 30.0 Å². The fraction of sp³-hybridized carbons (Fsp3) is 0.167. The van der Waals surface area contributed by atoms with E-state index in [9.17, 15) is 4.79 Å². The lowest BCUT2D eigenvalue weighted by Gasteiger charge is -2.07. The predicted octanol–water partition coefficient (Wildman–Crippen LogP) is 4.75. The summed E-state index contributed by atoms with van der Waals surface area (Å²) in [5, 5.41) is 12.0. The van der Waals surface area contributed by atoms with Crippen molar-refractivity contribution in [2.45, 2.75) is 10.1 Å². The minimum atomic E-state index is -0.308. The second kappa shape index (κ2) is 9.07. The number of carbonyl (C=O) groups excluding carboxylic acids is 1. The van der Waals surface area contributed by atoms with Crippen molar-refractivity contribution in [1.29, 1.82) is 0 Å². The Morgan fingerprint density at radius 3 is 2.41 bits per heavy atom. The van der Waals surface area contributed by atoms with Crippen LogP contribution in [0.15, 0.2) is 46.8 Å². The molecule has 0 unspecified atom stereocenters. The van der Waals surface area contributed by atoms with E-state index in [1.165, 1.54) is 25.6 Å². The first kappa shape index (κ1) is 19.5. The van der Waals surface area contributed by atoms with Crippen molar-refractivity contribution in [3.63, 3.8) is 0 Å². The zero-order valence-corrected chi connectivity index (χ0v) is 17.0. The average Bonchev–Trinajstić information content (AvgIpc) is 3.14. The molecule has 3 aromatic rings. The SMILES string of the molecule is COc1cc(OC)cc(C(=O)Nc2nnc(SCc3ccc(Cl)cc3)s2)c1. The number of ether oxygens (including phenoxy) is 2. The fourth-order valence-corrected chi connectivity index (χ4v) is 3.98. The molecule has 1 heterocycles. The molecule has 0 aliphatic heterocycles. The third-order valence-corrected chi connectivity index (χ3v) is 5.81. The Balaban J connectivity index is 1.63. The van der Waals surface area contributed by atoms with Gasteiger partial charge in [-0.25, -0.2) is 0 Å². The Hall–Kier alpha value is -2.29. The van der Waals surface area contributed by atoms with Gasteiger partial charge in [0.05, 0.1) is 14.2 Å². The summed E-state index contributed by atoms with van der Waals surface area (Å²) in [6, 6.07) is 12.6. The maximum atomic E-state index is 12.5. The smallest absolute Gasteiger partial charge is 0.257 e. The summed E-state index contributed by atoms with van der Waals surface area (Å²) in [4.78, 5) is 12.5. The molecule has 27 heavy (non-hydrogen) atoms. The lowest BCUT2D eigenvalue weighted by Crippen LogP contribution is -2.12. The fourth-order valence-electron chi connectivity index (χ4n) is 2.15. The summed E-state index contributed by atoms with van der Waals surface area (Å²) in [5.41, 5.74) is 1.55. The summed E-state index contributed by atoms with van der Waals surface area (Å²) in [6.45, 7) is 0. The van der Waals surface area contributed by atoms with Crippen LogP contribution in [-0.4, -0.2) is 30.3 Å². The molecule has 0 atom stereocenters. The van der Waals surface area contributed by atoms with Gasteiger partial charge in [0, 0.05) is 22.4 Å². The normalized spacial score (nSPS) is 10.5. The number of benzene rings is 2. The quantitative estimate of drug-likeness (QED) is 0.438. The molecule has 9 heteroatoms. The molecule has 3 rings (SSSR count). The summed E-state index contributed by atoms with van der Waals surface area (Å²) >= 11 is 8.75. The highest BCUT2D eigenvalue weighted by Gasteiger charge is 2.13. The van der Waals surface area contributed by atoms with Crippen molar-refractivity contribution in [3.05, 3.63) is 58.6 Å². The monoisotopic (exact) mass is 421 g/mol. The average molecular weight is 422 g/mol. The zero-order chi connectivity index (χ0) is 19.2. The number of halogens is 1. The van der Waals surface area contributed by atoms with Gasteiger partial charge in [0.25, 0.3) is 5.91 Å². The van der Waals surface area contributed by atoms with Crippen LogP contribution in [0.25, 0.3) is 0 Å². The molecule has 1 aromatic heterocycles. The van der Waals surface area contributed by atoms with Crippen molar-refractivity contribution >= 4 is 45.7 Å². The second-order valence-electron chi connectivity index (χ2n) is 5.34. The molecule has 0 bridgehead atoms. The van der Waals surface area contributed by atoms with Gasteiger partial charge in [-0.1, -0.05) is 46.8 Å². The molecule has 0 radical (unpaired) electrons. The van der Waals surface area contributed by atoms with Crippen LogP contribution in [0.1, 0.15) is 15.9 Å². The van der Waals surface area contributed by atoms with Crippen LogP contribution in [0.4, 0.5) is 5.13 Å². The maximum absolute atomic E-state index is 12.5. The number of aromatic nitrogens is 2. The molecular formula is C18H16ClN3O3S2. The molecular weight excluding hydrogens is 406 g/mol. The predicted molar refractivity (Wildman–Crippen MR) is 108 cm³/mol. The molecule has 0 saturated carbocycles. The van der Waals surface area contributed by atoms with Crippen molar-refractivity contribution in [2.75, 3.05) is 19.5 Å². The lowest BCUT2D eigenvalue weighted by molar-refractivity contribution is 0.102. The standard InChI is InChI=1S/C18H16ClN3O3S2/c1-24-14-7-12(8-15(9-14)25-2)16(23)20-17-21-22-18(27-17)26-10-11-3-5-13(19)6-4-11/h3-9H,10H2,1-2H3,(H,20,21,23). The van der Waals surface area contributed by atoms with E-state index in [1.807, 2.05) is 24.3 Å². The summed E-state index contributed by atoms with van der Waals surface area (Å²) in [7, 11) is 3.07. The van der Waals surface area contributed by atoms with E-state index in [2.05, 4.69) is 15.5 Å². The number of nitrogens with zero attached hydrogens (tertiary/aromatic N) is 2. The maximum Gasteiger partial charge on any atom is 0.257 e. The number of carbonyl (C=O) groups is 1. The number of hydrogen-bond donors (Lipinski definition) is 1.